The van der Waals surface area contributed by atoms with Crippen LogP contribution in [0, 0.1) is 0 Å². The van der Waals surface area contributed by atoms with Crippen molar-refractivity contribution in [1.82, 2.24) is 9.88 Å². The van der Waals surface area contributed by atoms with Gasteiger partial charge in [-0.05, 0) is 117 Å². The largest absolute Gasteiger partial charge is 0.361 e. The lowest BCUT2D eigenvalue weighted by Crippen LogP contribution is -2.27. The van der Waals surface area contributed by atoms with Crippen molar-refractivity contribution in [2.75, 3.05) is 5.32 Å². The molecule has 0 amide bonds. The molecule has 2 N–H and O–H groups in total. The fourth-order valence-electron chi connectivity index (χ4n) is 9.65. The Hall–Kier alpha value is -8.14. The maximum Gasteiger partial charge on any atom is 0.104 e. The first-order valence-corrected chi connectivity index (χ1v) is 23.0. The number of hydrogen-bond donors (Lipinski definition) is 2. The van der Waals surface area contributed by atoms with E-state index >= 15 is 0 Å². The summed E-state index contributed by atoms with van der Waals surface area (Å²) in [4.78, 5) is 0. The summed E-state index contributed by atoms with van der Waals surface area (Å²) in [6.07, 6.45) is 12.0. The molecule has 8 aromatic carbocycles. The zero-order valence-electron chi connectivity index (χ0n) is 35.6. The zero-order chi connectivity index (χ0) is 43.3. The van der Waals surface area contributed by atoms with E-state index in [1.165, 1.54) is 75.4 Å². The molecule has 1 aliphatic carbocycles. The average molecular weight is 850 g/mol. The fraction of sp³-hybridized carbons (Fsp3) is 0.0328. The van der Waals surface area contributed by atoms with Gasteiger partial charge in [0.2, 0.25) is 0 Å². The van der Waals surface area contributed by atoms with Gasteiger partial charge < -0.3 is 15.2 Å². The summed E-state index contributed by atoms with van der Waals surface area (Å²) < 4.78 is 5.01. The Labute approximate surface area is 382 Å². The van der Waals surface area contributed by atoms with E-state index in [0.29, 0.717) is 0 Å². The van der Waals surface area contributed by atoms with Gasteiger partial charge in [-0.3, -0.25) is 0 Å². The van der Waals surface area contributed by atoms with Gasteiger partial charge in [-0.15, -0.1) is 17.1 Å². The van der Waals surface area contributed by atoms with Gasteiger partial charge in [0.15, 0.2) is 0 Å². The molecule has 308 valence electrons. The van der Waals surface area contributed by atoms with E-state index in [9.17, 15) is 0 Å². The first-order chi connectivity index (χ1) is 32.1. The van der Waals surface area contributed by atoms with Crippen LogP contribution in [0.2, 0.25) is 0 Å². The van der Waals surface area contributed by atoms with Gasteiger partial charge in [0.05, 0.1) is 17.1 Å². The van der Waals surface area contributed by atoms with Crippen molar-refractivity contribution in [2.45, 2.75) is 12.5 Å². The summed E-state index contributed by atoms with van der Waals surface area (Å²) in [5.74, 6) is 0.938. The van der Waals surface area contributed by atoms with Crippen molar-refractivity contribution in [1.29, 1.82) is 0 Å². The van der Waals surface area contributed by atoms with Crippen LogP contribution in [0.25, 0.3) is 81.0 Å². The topological polar surface area (TPSA) is 29.0 Å². The van der Waals surface area contributed by atoms with Crippen LogP contribution in [0.5, 0.6) is 0 Å². The second-order valence-electron chi connectivity index (χ2n) is 16.8. The van der Waals surface area contributed by atoms with Crippen molar-refractivity contribution in [3.63, 3.8) is 0 Å². The van der Waals surface area contributed by atoms with E-state index < -0.39 is 0 Å². The van der Waals surface area contributed by atoms with Crippen LogP contribution in [0.4, 0.5) is 5.69 Å². The lowest BCUT2D eigenvalue weighted by atomic mass is 9.92. The molecule has 2 aliphatic rings. The third-order valence-corrected chi connectivity index (χ3v) is 14.1. The highest BCUT2D eigenvalue weighted by molar-refractivity contribution is 7.26. The van der Waals surface area contributed by atoms with Crippen LogP contribution >= 0.6 is 11.3 Å². The van der Waals surface area contributed by atoms with Crippen LogP contribution in [0.3, 0.4) is 0 Å². The molecule has 1 aliphatic heterocycles. The molecule has 0 spiro atoms. The molecule has 4 heteroatoms. The molecule has 0 saturated carbocycles. The molecular weight excluding hydrogens is 807 g/mol. The second-order valence-corrected chi connectivity index (χ2v) is 17.8. The molecule has 2 aromatic heterocycles. The van der Waals surface area contributed by atoms with E-state index in [1.54, 1.807) is 0 Å². The normalized spacial score (nSPS) is 14.9. The number of aromatic nitrogens is 1. The van der Waals surface area contributed by atoms with Crippen LogP contribution < -0.4 is 10.6 Å². The Balaban J connectivity index is 0.975. The molecule has 3 nitrogen and oxygen atoms in total. The maximum absolute atomic E-state index is 3.90. The third-order valence-electron chi connectivity index (χ3n) is 12.9. The van der Waals surface area contributed by atoms with Crippen molar-refractivity contribution >= 4 is 59.0 Å². The number of allylic oxidation sites excluding steroid dienone is 7. The van der Waals surface area contributed by atoms with Crippen LogP contribution in [0.1, 0.15) is 18.0 Å². The Morgan fingerprint density at radius 2 is 1.25 bits per heavy atom. The van der Waals surface area contributed by atoms with Gasteiger partial charge in [-0.1, -0.05) is 164 Å². The molecule has 0 fully saturated rings. The minimum atomic E-state index is -0.0206. The van der Waals surface area contributed by atoms with Gasteiger partial charge in [0, 0.05) is 47.9 Å². The molecule has 65 heavy (non-hydrogen) atoms. The molecule has 0 radical (unpaired) electrons. The Kier molecular flexibility index (Phi) is 9.60. The molecule has 1 atom stereocenters. The lowest BCUT2D eigenvalue weighted by molar-refractivity contribution is 0.703. The molecule has 0 saturated heterocycles. The second kappa shape index (κ2) is 16.2. The summed E-state index contributed by atoms with van der Waals surface area (Å²) in [6, 6.07) is 68.4. The molecule has 0 bridgehead atoms. The number of para-hydroxylation sites is 2. The minimum Gasteiger partial charge on any atom is -0.361 e. The number of fused-ring (bicyclic) bond motifs is 6. The highest BCUT2D eigenvalue weighted by Gasteiger charge is 2.21. The number of dihydropyridines is 1. The molecule has 10 aromatic rings. The van der Waals surface area contributed by atoms with Gasteiger partial charge in [0.25, 0.3) is 0 Å². The molecule has 1 unspecified atom stereocenters. The van der Waals surface area contributed by atoms with Gasteiger partial charge in [-0.25, -0.2) is 0 Å². The number of hydrogen-bond acceptors (Lipinski definition) is 3. The zero-order valence-corrected chi connectivity index (χ0v) is 36.4. The van der Waals surface area contributed by atoms with Crippen molar-refractivity contribution in [2.24, 2.45) is 0 Å². The van der Waals surface area contributed by atoms with E-state index in [4.69, 9.17) is 0 Å². The first-order valence-electron chi connectivity index (χ1n) is 22.2. The van der Waals surface area contributed by atoms with E-state index in [-0.39, 0.29) is 6.04 Å². The Morgan fingerprint density at radius 1 is 0.569 bits per heavy atom. The predicted molar refractivity (Wildman–Crippen MR) is 277 cm³/mol. The number of rotatable bonds is 8. The van der Waals surface area contributed by atoms with Crippen molar-refractivity contribution in [3.05, 3.63) is 259 Å². The van der Waals surface area contributed by atoms with Crippen LogP contribution in [0.15, 0.2) is 253 Å². The summed E-state index contributed by atoms with van der Waals surface area (Å²) in [5.41, 5.74) is 19.3. The van der Waals surface area contributed by atoms with Crippen LogP contribution in [-0.2, 0) is 0 Å². The smallest absolute Gasteiger partial charge is 0.104 e. The molecule has 3 heterocycles. The highest BCUT2D eigenvalue weighted by atomic mass is 32.1. The Bertz CT molecular complexity index is 3670. The van der Waals surface area contributed by atoms with E-state index in [0.717, 1.165) is 45.9 Å². The Morgan fingerprint density at radius 3 is 2.05 bits per heavy atom. The highest BCUT2D eigenvalue weighted by Crippen LogP contribution is 2.42. The van der Waals surface area contributed by atoms with Crippen LogP contribution in [-0.4, -0.2) is 4.57 Å². The standard InChI is InChI=1S/C61H43N3S/c1-2-40-24-26-41(27-25-40)47-38-56(44-14-5-3-6-15-44)63-60(39-47)62-55-34-32-45(46-33-35-58-54(37-46)50-18-9-11-22-57(50)64(58)48-16-7-4-8-17-48)36-53(55)43-30-28-42(29-31-43)49-20-13-21-52-51-19-10-12-23-59(51)65-61(49)52/h3-24,26-39,56,62-63H,1,25H2. The molecular formula is C61H43N3S. The number of nitrogens with one attached hydrogen (secondary N) is 2. The fourth-order valence-corrected chi connectivity index (χ4v) is 10.9. The first kappa shape index (κ1) is 38.5. The SMILES string of the molecule is C=C=C1C=CC(C2=CC(c3ccccc3)NC(Nc3ccc(-c4ccc5c(c4)c4ccccc4n5-c4ccccc4)cc3-c3ccc(-c4cccc5c4sc4ccccc45)cc3)=C2)=CC1. The summed E-state index contributed by atoms with van der Waals surface area (Å²) in [7, 11) is 0. The maximum atomic E-state index is 3.90. The number of anilines is 1. The van der Waals surface area contributed by atoms with Crippen molar-refractivity contribution < 1.29 is 0 Å². The van der Waals surface area contributed by atoms with Gasteiger partial charge in [-0.2, -0.15) is 0 Å². The van der Waals surface area contributed by atoms with Gasteiger partial charge >= 0.3 is 0 Å². The third kappa shape index (κ3) is 7.03. The van der Waals surface area contributed by atoms with Gasteiger partial charge in [0.1, 0.15) is 5.82 Å². The monoisotopic (exact) mass is 849 g/mol. The molecule has 12 rings (SSSR count). The van der Waals surface area contributed by atoms with E-state index in [2.05, 4.69) is 246 Å². The quantitative estimate of drug-likeness (QED) is 0.149. The minimum absolute atomic E-state index is 0.0206. The lowest BCUT2D eigenvalue weighted by Gasteiger charge is -2.27. The number of benzene rings is 8. The predicted octanol–water partition coefficient (Wildman–Crippen LogP) is 16.3. The summed E-state index contributed by atoms with van der Waals surface area (Å²) in [6.45, 7) is 3.88. The average Bonchev–Trinajstić information content (AvgIpc) is 3.93. The summed E-state index contributed by atoms with van der Waals surface area (Å²) >= 11 is 1.87. The van der Waals surface area contributed by atoms with Crippen molar-refractivity contribution in [3.8, 4) is 39.1 Å². The summed E-state index contributed by atoms with van der Waals surface area (Å²) in [5, 5.41) is 12.8. The van der Waals surface area contributed by atoms with E-state index in [1.807, 2.05) is 11.3 Å². The number of thiophene rings is 1. The number of nitrogens with zero attached hydrogens (tertiary/aromatic N) is 1.